The summed E-state index contributed by atoms with van der Waals surface area (Å²) in [5.74, 6) is 0. The van der Waals surface area contributed by atoms with Crippen molar-refractivity contribution in [2.45, 2.75) is 38.1 Å². The molecule has 2 aromatic carbocycles. The molecule has 1 aliphatic heterocycles. The lowest BCUT2D eigenvalue weighted by molar-refractivity contribution is 0.440. The molecule has 0 unspecified atom stereocenters. The van der Waals surface area contributed by atoms with Crippen molar-refractivity contribution >= 4 is 55.7 Å². The molecule has 0 bridgehead atoms. The molecule has 0 amide bonds. The van der Waals surface area contributed by atoms with E-state index in [-0.39, 0.29) is 11.1 Å². The van der Waals surface area contributed by atoms with Gasteiger partial charge in [0.05, 0.1) is 5.69 Å². The molecule has 1 saturated heterocycles. The first-order valence-corrected chi connectivity index (χ1v) is 12.7. The number of rotatable bonds is 3. The summed E-state index contributed by atoms with van der Waals surface area (Å²) in [6, 6.07) is 19.4. The van der Waals surface area contributed by atoms with Gasteiger partial charge < -0.3 is 4.90 Å². The first-order valence-electron chi connectivity index (χ1n) is 9.74. The van der Waals surface area contributed by atoms with E-state index in [0.717, 1.165) is 18.5 Å². The largest absolute Gasteiger partial charge is 0.314 e. The summed E-state index contributed by atoms with van der Waals surface area (Å²) in [6.45, 7) is 0. The highest BCUT2D eigenvalue weighted by molar-refractivity contribution is 8.27. The molecule has 0 radical (unpaired) electrons. The number of anilines is 2. The molecule has 5 nitrogen and oxygen atoms in total. The van der Waals surface area contributed by atoms with E-state index in [4.69, 9.17) is 12.2 Å². The molecule has 152 valence electrons. The van der Waals surface area contributed by atoms with Gasteiger partial charge in [-0.05, 0) is 49.3 Å². The molecule has 4 rings (SSSR count). The minimum atomic E-state index is -3.46. The Balaban J connectivity index is 1.69. The summed E-state index contributed by atoms with van der Waals surface area (Å²) in [7, 11) is -3.46. The highest BCUT2D eigenvalue weighted by atomic mass is 32.3. The molecule has 2 aromatic rings. The normalized spacial score (nSPS) is 20.7. The van der Waals surface area contributed by atoms with Gasteiger partial charge in [0.15, 0.2) is 5.17 Å². The standard InChI is InChI=1S/C21H23N3O2S3/c25-29(26)16-28-21(24(29)19-14-8-3-9-15-19)22-20(27)23(17-10-4-1-5-11-17)18-12-6-2-7-13-18/h1,3-5,8-11,14-15,18H,2,6-7,12-13,16H2/b22-21-. The third-order valence-electron chi connectivity index (χ3n) is 5.15. The SMILES string of the molecule is O=S1(=O)CS/C(=N\C(=S)N(c2ccccc2)C2CCCCC2)N1c1ccccc1. The first kappa shape index (κ1) is 20.4. The molecule has 0 spiro atoms. The van der Waals surface area contributed by atoms with E-state index in [1.165, 1.54) is 35.3 Å². The number of para-hydroxylation sites is 2. The molecule has 29 heavy (non-hydrogen) atoms. The first-order chi connectivity index (χ1) is 14.1. The molecule has 2 aliphatic rings. The van der Waals surface area contributed by atoms with Crippen molar-refractivity contribution in [3.8, 4) is 0 Å². The van der Waals surface area contributed by atoms with Gasteiger partial charge in [-0.25, -0.2) is 12.7 Å². The third kappa shape index (κ3) is 4.49. The topological polar surface area (TPSA) is 53.0 Å². The van der Waals surface area contributed by atoms with Crippen LogP contribution in [0, 0.1) is 0 Å². The van der Waals surface area contributed by atoms with Crippen LogP contribution >= 0.6 is 24.0 Å². The summed E-state index contributed by atoms with van der Waals surface area (Å²) < 4.78 is 26.6. The van der Waals surface area contributed by atoms with Crippen molar-refractivity contribution in [3.63, 3.8) is 0 Å². The van der Waals surface area contributed by atoms with Gasteiger partial charge in [-0.3, -0.25) is 0 Å². The highest BCUT2D eigenvalue weighted by Gasteiger charge is 2.36. The van der Waals surface area contributed by atoms with E-state index in [2.05, 4.69) is 9.89 Å². The molecule has 2 fully saturated rings. The van der Waals surface area contributed by atoms with Crippen LogP contribution < -0.4 is 9.21 Å². The summed E-state index contributed by atoms with van der Waals surface area (Å²) in [4.78, 5) is 6.77. The molecule has 0 aromatic heterocycles. The fraction of sp³-hybridized carbons (Fsp3) is 0.333. The van der Waals surface area contributed by atoms with Crippen LogP contribution in [0.15, 0.2) is 65.7 Å². The van der Waals surface area contributed by atoms with Gasteiger partial charge >= 0.3 is 0 Å². The summed E-state index contributed by atoms with van der Waals surface area (Å²) in [5.41, 5.74) is 1.59. The highest BCUT2D eigenvalue weighted by Crippen LogP contribution is 2.33. The van der Waals surface area contributed by atoms with Gasteiger partial charge in [-0.1, -0.05) is 67.4 Å². The minimum absolute atomic E-state index is 0.0297. The Hall–Kier alpha value is -1.90. The Kier molecular flexibility index (Phi) is 6.22. The van der Waals surface area contributed by atoms with Crippen molar-refractivity contribution < 1.29 is 8.42 Å². The number of aliphatic imine (C=N–C) groups is 1. The Labute approximate surface area is 181 Å². The number of thioether (sulfide) groups is 1. The lowest BCUT2D eigenvalue weighted by Crippen LogP contribution is -2.41. The van der Waals surface area contributed by atoms with Gasteiger partial charge in [-0.15, -0.1) is 0 Å². The van der Waals surface area contributed by atoms with Crippen LogP contribution in [-0.2, 0) is 10.0 Å². The Bertz CT molecular complexity index is 988. The number of amidine groups is 1. The van der Waals surface area contributed by atoms with Crippen molar-refractivity contribution in [3.05, 3.63) is 60.7 Å². The lowest BCUT2D eigenvalue weighted by Gasteiger charge is -2.35. The van der Waals surface area contributed by atoms with E-state index in [0.29, 0.717) is 16.0 Å². The Morgan fingerprint density at radius 1 is 1.00 bits per heavy atom. The number of nitrogens with zero attached hydrogens (tertiary/aromatic N) is 3. The van der Waals surface area contributed by atoms with E-state index >= 15 is 0 Å². The van der Waals surface area contributed by atoms with Crippen molar-refractivity contribution in [1.29, 1.82) is 0 Å². The Morgan fingerprint density at radius 3 is 2.28 bits per heavy atom. The molecular weight excluding hydrogens is 422 g/mol. The van der Waals surface area contributed by atoms with Crippen molar-refractivity contribution in [2.75, 3.05) is 14.3 Å². The van der Waals surface area contributed by atoms with Crippen LogP contribution in [0.2, 0.25) is 0 Å². The predicted octanol–water partition coefficient (Wildman–Crippen LogP) is 5.01. The van der Waals surface area contributed by atoms with Crippen LogP contribution in [-0.4, -0.2) is 29.8 Å². The molecule has 1 saturated carbocycles. The van der Waals surface area contributed by atoms with Gasteiger partial charge in [0.1, 0.15) is 5.08 Å². The average Bonchev–Trinajstić information content (AvgIpc) is 3.04. The maximum absolute atomic E-state index is 12.7. The Morgan fingerprint density at radius 2 is 1.62 bits per heavy atom. The molecular formula is C21H23N3O2S3. The van der Waals surface area contributed by atoms with Crippen LogP contribution in [0.1, 0.15) is 32.1 Å². The second-order valence-corrected chi connectivity index (χ2v) is 10.6. The maximum Gasteiger partial charge on any atom is 0.250 e. The second-order valence-electron chi connectivity index (χ2n) is 7.15. The van der Waals surface area contributed by atoms with Gasteiger partial charge in [-0.2, -0.15) is 4.99 Å². The van der Waals surface area contributed by atoms with E-state index < -0.39 is 10.0 Å². The summed E-state index contributed by atoms with van der Waals surface area (Å²) in [6.07, 6.45) is 5.72. The number of hydrogen-bond acceptors (Lipinski definition) is 4. The van der Waals surface area contributed by atoms with Crippen LogP contribution in [0.4, 0.5) is 11.4 Å². The minimum Gasteiger partial charge on any atom is -0.314 e. The zero-order valence-corrected chi connectivity index (χ0v) is 18.4. The molecule has 1 heterocycles. The van der Waals surface area contributed by atoms with Crippen molar-refractivity contribution in [2.24, 2.45) is 4.99 Å². The van der Waals surface area contributed by atoms with Crippen LogP contribution in [0.25, 0.3) is 0 Å². The molecule has 8 heteroatoms. The number of hydrogen-bond donors (Lipinski definition) is 0. The van der Waals surface area contributed by atoms with Gasteiger partial charge in [0.25, 0.3) is 10.0 Å². The number of benzene rings is 2. The summed E-state index contributed by atoms with van der Waals surface area (Å²) >= 11 is 6.97. The van der Waals surface area contributed by atoms with E-state index in [1.807, 2.05) is 48.5 Å². The number of thiocarbonyl (C=S) groups is 1. The fourth-order valence-electron chi connectivity index (χ4n) is 3.81. The monoisotopic (exact) mass is 445 g/mol. The predicted molar refractivity (Wildman–Crippen MR) is 126 cm³/mol. The zero-order valence-electron chi connectivity index (χ0n) is 16.0. The molecule has 1 aliphatic carbocycles. The van der Waals surface area contributed by atoms with Crippen molar-refractivity contribution in [1.82, 2.24) is 0 Å². The van der Waals surface area contributed by atoms with Gasteiger partial charge in [0.2, 0.25) is 5.11 Å². The smallest absolute Gasteiger partial charge is 0.250 e. The maximum atomic E-state index is 12.7. The van der Waals surface area contributed by atoms with Gasteiger partial charge in [0, 0.05) is 11.7 Å². The second kappa shape index (κ2) is 8.85. The fourth-order valence-corrected chi connectivity index (χ4v) is 7.24. The van der Waals surface area contributed by atoms with E-state index in [9.17, 15) is 8.42 Å². The quantitative estimate of drug-likeness (QED) is 0.622. The summed E-state index contributed by atoms with van der Waals surface area (Å²) in [5, 5.41) is 0.805. The lowest BCUT2D eigenvalue weighted by atomic mass is 9.94. The third-order valence-corrected chi connectivity index (χ3v) is 8.69. The van der Waals surface area contributed by atoms with Crippen LogP contribution in [0.5, 0.6) is 0 Å². The van der Waals surface area contributed by atoms with E-state index in [1.54, 1.807) is 12.1 Å². The number of sulfonamides is 1. The average molecular weight is 446 g/mol. The molecule has 0 atom stereocenters. The zero-order chi connectivity index (χ0) is 20.3. The van der Waals surface area contributed by atoms with Crippen LogP contribution in [0.3, 0.4) is 0 Å². The molecule has 0 N–H and O–H groups in total.